The minimum absolute atomic E-state index is 0.767. The third-order valence-corrected chi connectivity index (χ3v) is 2.80. The molecule has 0 fully saturated rings. The van der Waals surface area contributed by atoms with Crippen LogP contribution in [-0.4, -0.2) is 18.6 Å². The van der Waals surface area contributed by atoms with E-state index in [0.29, 0.717) is 0 Å². The van der Waals surface area contributed by atoms with Gasteiger partial charge in [0.15, 0.2) is 0 Å². The van der Waals surface area contributed by atoms with Gasteiger partial charge in [-0.15, -0.1) is 0 Å². The Balaban J connectivity index is 2.22. The molecule has 3 N–H and O–H groups in total. The van der Waals surface area contributed by atoms with E-state index < -0.39 is 0 Å². The number of H-pyrrole nitrogens is 1. The van der Waals surface area contributed by atoms with Crippen LogP contribution in [0.25, 0.3) is 10.9 Å². The van der Waals surface area contributed by atoms with Gasteiger partial charge in [0.1, 0.15) is 5.75 Å². The van der Waals surface area contributed by atoms with E-state index in [4.69, 9.17) is 10.5 Å². The van der Waals surface area contributed by atoms with E-state index in [-0.39, 0.29) is 0 Å². The van der Waals surface area contributed by atoms with Crippen molar-refractivity contribution in [2.45, 2.75) is 19.3 Å². The van der Waals surface area contributed by atoms with Crippen LogP contribution >= 0.6 is 0 Å². The summed E-state index contributed by atoms with van der Waals surface area (Å²) < 4.78 is 5.33. The summed E-state index contributed by atoms with van der Waals surface area (Å²) in [6.07, 6.45) is 3.26. The van der Waals surface area contributed by atoms with Gasteiger partial charge in [-0.1, -0.05) is 6.07 Å². The molecule has 2 rings (SSSR count). The molecule has 0 bridgehead atoms. The predicted molar refractivity (Wildman–Crippen MR) is 66.8 cm³/mol. The lowest BCUT2D eigenvalue weighted by Gasteiger charge is -1.99. The first kappa shape index (κ1) is 11.0. The van der Waals surface area contributed by atoms with Crippen LogP contribution in [0.4, 0.5) is 0 Å². The maximum Gasteiger partial charge on any atom is 0.128 e. The van der Waals surface area contributed by atoms with E-state index in [1.165, 1.54) is 5.69 Å². The summed E-state index contributed by atoms with van der Waals surface area (Å²) in [6.45, 7) is 0.767. The molecule has 0 aliphatic carbocycles. The van der Waals surface area contributed by atoms with E-state index in [2.05, 4.69) is 17.1 Å². The Morgan fingerprint density at radius 2 is 2.19 bits per heavy atom. The second kappa shape index (κ2) is 5.03. The molecule has 0 radical (unpaired) electrons. The van der Waals surface area contributed by atoms with Crippen molar-refractivity contribution >= 4 is 10.9 Å². The second-order valence-corrected chi connectivity index (χ2v) is 3.96. The van der Waals surface area contributed by atoms with Crippen LogP contribution in [0.5, 0.6) is 5.75 Å². The van der Waals surface area contributed by atoms with E-state index in [1.54, 1.807) is 7.11 Å². The average Bonchev–Trinajstić information content (AvgIpc) is 2.71. The molecule has 16 heavy (non-hydrogen) atoms. The number of hydrogen-bond donors (Lipinski definition) is 2. The van der Waals surface area contributed by atoms with Gasteiger partial charge in [0.2, 0.25) is 0 Å². The first-order chi connectivity index (χ1) is 7.85. The molecule has 0 saturated heterocycles. The summed E-state index contributed by atoms with van der Waals surface area (Å²) in [5.74, 6) is 0.929. The van der Waals surface area contributed by atoms with Gasteiger partial charge in [-0.3, -0.25) is 0 Å². The van der Waals surface area contributed by atoms with Gasteiger partial charge >= 0.3 is 0 Å². The zero-order valence-corrected chi connectivity index (χ0v) is 9.62. The normalized spacial score (nSPS) is 10.9. The molecule has 86 valence electrons. The molecular formula is C13H18N2O. The Labute approximate surface area is 95.6 Å². The van der Waals surface area contributed by atoms with Crippen LogP contribution in [0.1, 0.15) is 18.5 Å². The quantitative estimate of drug-likeness (QED) is 0.757. The minimum Gasteiger partial charge on any atom is -0.496 e. The van der Waals surface area contributed by atoms with Crippen molar-refractivity contribution in [3.05, 3.63) is 30.0 Å². The molecule has 3 nitrogen and oxygen atoms in total. The first-order valence-corrected chi connectivity index (χ1v) is 5.70. The fourth-order valence-electron chi connectivity index (χ4n) is 1.96. The number of nitrogens with one attached hydrogen (secondary N) is 1. The summed E-state index contributed by atoms with van der Waals surface area (Å²) >= 11 is 0. The number of unbranched alkanes of at least 4 members (excludes halogenated alkanes) is 1. The molecule has 0 aliphatic rings. The lowest BCUT2D eigenvalue weighted by atomic mass is 10.2. The van der Waals surface area contributed by atoms with Gasteiger partial charge in [-0.25, -0.2) is 0 Å². The van der Waals surface area contributed by atoms with Crippen LogP contribution in [0.15, 0.2) is 24.3 Å². The summed E-state index contributed by atoms with van der Waals surface area (Å²) in [5.41, 5.74) is 7.88. The third kappa shape index (κ3) is 2.19. The number of aryl methyl sites for hydroxylation is 1. The monoisotopic (exact) mass is 218 g/mol. The number of aromatic nitrogens is 1. The first-order valence-electron chi connectivity index (χ1n) is 5.70. The maximum absolute atomic E-state index is 5.48. The highest BCUT2D eigenvalue weighted by atomic mass is 16.5. The van der Waals surface area contributed by atoms with Crippen molar-refractivity contribution in [2.75, 3.05) is 13.7 Å². The fraction of sp³-hybridized carbons (Fsp3) is 0.385. The summed E-state index contributed by atoms with van der Waals surface area (Å²) in [4.78, 5) is 3.41. The van der Waals surface area contributed by atoms with Gasteiger partial charge in [0.25, 0.3) is 0 Å². The molecule has 1 heterocycles. The van der Waals surface area contributed by atoms with Crippen molar-refractivity contribution in [3.8, 4) is 5.75 Å². The van der Waals surface area contributed by atoms with Gasteiger partial charge in [0, 0.05) is 16.6 Å². The zero-order chi connectivity index (χ0) is 11.4. The van der Waals surface area contributed by atoms with E-state index in [9.17, 15) is 0 Å². The van der Waals surface area contributed by atoms with Gasteiger partial charge in [0.05, 0.1) is 7.11 Å². The number of nitrogens with two attached hydrogens (primary N) is 1. The predicted octanol–water partition coefficient (Wildman–Crippen LogP) is 2.46. The van der Waals surface area contributed by atoms with Crippen molar-refractivity contribution in [1.82, 2.24) is 4.98 Å². The van der Waals surface area contributed by atoms with E-state index in [0.717, 1.165) is 42.5 Å². The van der Waals surface area contributed by atoms with Crippen molar-refractivity contribution in [1.29, 1.82) is 0 Å². The van der Waals surface area contributed by atoms with Crippen LogP contribution in [0.3, 0.4) is 0 Å². The molecule has 3 heteroatoms. The largest absolute Gasteiger partial charge is 0.496 e. The lowest BCUT2D eigenvalue weighted by Crippen LogP contribution is -1.98. The average molecular weight is 218 g/mol. The number of hydrogen-bond acceptors (Lipinski definition) is 2. The molecule has 1 aromatic carbocycles. The van der Waals surface area contributed by atoms with Gasteiger partial charge in [-0.05, 0) is 44.0 Å². The Morgan fingerprint density at radius 3 is 2.94 bits per heavy atom. The molecular weight excluding hydrogens is 200 g/mol. The van der Waals surface area contributed by atoms with Crippen LogP contribution < -0.4 is 10.5 Å². The molecule has 0 atom stereocenters. The molecule has 0 amide bonds. The van der Waals surface area contributed by atoms with Crippen molar-refractivity contribution < 1.29 is 4.74 Å². The van der Waals surface area contributed by atoms with Crippen molar-refractivity contribution in [3.63, 3.8) is 0 Å². The molecule has 0 spiro atoms. The van der Waals surface area contributed by atoms with E-state index >= 15 is 0 Å². The summed E-state index contributed by atoms with van der Waals surface area (Å²) in [6, 6.07) is 8.23. The summed E-state index contributed by atoms with van der Waals surface area (Å²) in [7, 11) is 1.70. The second-order valence-electron chi connectivity index (χ2n) is 3.96. The molecule has 0 saturated carbocycles. The van der Waals surface area contributed by atoms with Crippen LogP contribution in [0.2, 0.25) is 0 Å². The molecule has 1 aromatic heterocycles. The Kier molecular flexibility index (Phi) is 3.47. The van der Waals surface area contributed by atoms with E-state index in [1.807, 2.05) is 12.1 Å². The van der Waals surface area contributed by atoms with Crippen LogP contribution in [-0.2, 0) is 6.42 Å². The standard InChI is InChI=1S/C13H18N2O/c1-16-13-7-4-6-12-11(13)9-10(15-12)5-2-3-8-14/h4,6-7,9,15H,2-3,5,8,14H2,1H3. The highest BCUT2D eigenvalue weighted by molar-refractivity contribution is 5.86. The topological polar surface area (TPSA) is 51.0 Å². The zero-order valence-electron chi connectivity index (χ0n) is 9.62. The Morgan fingerprint density at radius 1 is 1.31 bits per heavy atom. The van der Waals surface area contributed by atoms with Crippen LogP contribution in [0, 0.1) is 0 Å². The minimum atomic E-state index is 0.767. The highest BCUT2D eigenvalue weighted by Crippen LogP contribution is 2.26. The van der Waals surface area contributed by atoms with Crippen molar-refractivity contribution in [2.24, 2.45) is 5.73 Å². The molecule has 0 unspecified atom stereocenters. The number of fused-ring (bicyclic) bond motifs is 1. The number of ether oxygens (including phenoxy) is 1. The highest BCUT2D eigenvalue weighted by Gasteiger charge is 2.04. The molecule has 0 aliphatic heterocycles. The number of aromatic amines is 1. The smallest absolute Gasteiger partial charge is 0.128 e. The number of rotatable bonds is 5. The lowest BCUT2D eigenvalue weighted by molar-refractivity contribution is 0.420. The molecule has 2 aromatic rings. The van der Waals surface area contributed by atoms with Gasteiger partial charge < -0.3 is 15.5 Å². The SMILES string of the molecule is COc1cccc2[nH]c(CCCCN)cc12. The third-order valence-electron chi connectivity index (χ3n) is 2.80. The Hall–Kier alpha value is -1.48. The number of benzene rings is 1. The maximum atomic E-state index is 5.48. The number of methoxy groups -OCH3 is 1. The van der Waals surface area contributed by atoms with Gasteiger partial charge in [-0.2, -0.15) is 0 Å². The Bertz CT molecular complexity index is 462. The fourth-order valence-corrected chi connectivity index (χ4v) is 1.96. The summed E-state index contributed by atoms with van der Waals surface area (Å²) in [5, 5.41) is 1.16.